The summed E-state index contributed by atoms with van der Waals surface area (Å²) in [6.07, 6.45) is 0.422. The monoisotopic (exact) mass is 272 g/mol. The molecule has 1 nitrogen and oxygen atoms in total. The number of aliphatic hydroxyl groups is 1. The van der Waals surface area contributed by atoms with E-state index in [4.69, 9.17) is 0 Å². The first-order valence-corrected chi connectivity index (χ1v) is 7.64. The van der Waals surface area contributed by atoms with E-state index in [-0.39, 0.29) is 6.10 Å². The van der Waals surface area contributed by atoms with Crippen LogP contribution in [0.3, 0.4) is 0 Å². The second-order valence-corrected chi connectivity index (χ2v) is 5.76. The molecule has 1 unspecified atom stereocenters. The predicted octanol–water partition coefficient (Wildman–Crippen LogP) is 4.73. The average Bonchev–Trinajstić information content (AvgIpc) is 2.46. The van der Waals surface area contributed by atoms with Crippen LogP contribution < -0.4 is 0 Å². The second-order valence-electron chi connectivity index (χ2n) is 4.71. The minimum absolute atomic E-state index is 0.338. The Labute approximate surface area is 119 Å². The molecule has 1 atom stereocenters. The summed E-state index contributed by atoms with van der Waals surface area (Å²) in [4.78, 5) is 1.25. The fraction of sp³-hybridized carbons (Fsp3) is 0.294. The molecule has 2 aromatic rings. The number of aryl methyl sites for hydroxylation is 1. The fourth-order valence-corrected chi connectivity index (χ4v) is 2.93. The predicted molar refractivity (Wildman–Crippen MR) is 82.4 cm³/mol. The molecule has 2 aromatic carbocycles. The molecule has 2 heteroatoms. The van der Waals surface area contributed by atoms with Gasteiger partial charge in [0, 0.05) is 10.6 Å². The van der Waals surface area contributed by atoms with Crippen molar-refractivity contribution in [2.75, 3.05) is 0 Å². The largest absolute Gasteiger partial charge is 0.388 e. The standard InChI is InChI=1S/C17H20OS/c1-3-17(18)14-8-10-16(11-9-14)19-12-15-7-5-4-6-13(15)2/h4-11,17-18H,3,12H2,1-2H3. The number of aliphatic hydroxyl groups excluding tert-OH is 1. The van der Waals surface area contributed by atoms with Crippen LogP contribution >= 0.6 is 11.8 Å². The number of hydrogen-bond acceptors (Lipinski definition) is 2. The smallest absolute Gasteiger partial charge is 0.0787 e. The first-order chi connectivity index (χ1) is 9.20. The molecule has 0 aliphatic carbocycles. The summed E-state index contributed by atoms with van der Waals surface area (Å²) in [7, 11) is 0. The highest BCUT2D eigenvalue weighted by atomic mass is 32.2. The van der Waals surface area contributed by atoms with Crippen molar-refractivity contribution in [1.29, 1.82) is 0 Å². The molecule has 0 radical (unpaired) electrons. The van der Waals surface area contributed by atoms with E-state index in [1.165, 1.54) is 16.0 Å². The van der Waals surface area contributed by atoms with Gasteiger partial charge in [0.1, 0.15) is 0 Å². The van der Waals surface area contributed by atoms with Crippen molar-refractivity contribution >= 4 is 11.8 Å². The van der Waals surface area contributed by atoms with Gasteiger partial charge in [0.25, 0.3) is 0 Å². The highest BCUT2D eigenvalue weighted by Crippen LogP contribution is 2.26. The number of benzene rings is 2. The van der Waals surface area contributed by atoms with Crippen LogP contribution in [0.1, 0.15) is 36.1 Å². The molecule has 0 aromatic heterocycles. The zero-order chi connectivity index (χ0) is 13.7. The maximum Gasteiger partial charge on any atom is 0.0787 e. The summed E-state index contributed by atoms with van der Waals surface area (Å²) >= 11 is 1.83. The van der Waals surface area contributed by atoms with Crippen LogP contribution in [0.15, 0.2) is 53.4 Å². The molecule has 100 valence electrons. The molecule has 0 spiro atoms. The van der Waals surface area contributed by atoms with E-state index in [2.05, 4.69) is 43.3 Å². The number of hydrogen-bond donors (Lipinski definition) is 1. The first kappa shape index (κ1) is 14.2. The maximum atomic E-state index is 9.76. The quantitative estimate of drug-likeness (QED) is 0.794. The molecule has 0 heterocycles. The summed E-state index contributed by atoms with van der Waals surface area (Å²) in [6, 6.07) is 16.7. The van der Waals surface area contributed by atoms with Crippen LogP contribution in [0.25, 0.3) is 0 Å². The van der Waals surface area contributed by atoms with E-state index < -0.39 is 0 Å². The van der Waals surface area contributed by atoms with Gasteiger partial charge >= 0.3 is 0 Å². The number of thioether (sulfide) groups is 1. The van der Waals surface area contributed by atoms with Crippen LogP contribution in [0.4, 0.5) is 0 Å². The van der Waals surface area contributed by atoms with Gasteiger partial charge in [-0.3, -0.25) is 0 Å². The molecule has 0 aliphatic rings. The molecule has 0 saturated heterocycles. The van der Waals surface area contributed by atoms with Crippen molar-refractivity contribution < 1.29 is 5.11 Å². The van der Waals surface area contributed by atoms with Crippen molar-refractivity contribution in [2.45, 2.75) is 37.0 Å². The van der Waals surface area contributed by atoms with Crippen molar-refractivity contribution in [1.82, 2.24) is 0 Å². The SMILES string of the molecule is CCC(O)c1ccc(SCc2ccccc2C)cc1. The van der Waals surface area contributed by atoms with Gasteiger partial charge in [-0.25, -0.2) is 0 Å². The van der Waals surface area contributed by atoms with Crippen LogP contribution in [0.5, 0.6) is 0 Å². The van der Waals surface area contributed by atoms with Crippen LogP contribution in [-0.4, -0.2) is 5.11 Å². The Bertz CT molecular complexity index is 519. The normalized spacial score (nSPS) is 12.4. The first-order valence-electron chi connectivity index (χ1n) is 6.66. The van der Waals surface area contributed by atoms with Crippen molar-refractivity contribution in [3.05, 3.63) is 65.2 Å². The van der Waals surface area contributed by atoms with E-state index in [0.717, 1.165) is 17.7 Å². The minimum Gasteiger partial charge on any atom is -0.388 e. The summed E-state index contributed by atoms with van der Waals surface area (Å²) in [5, 5.41) is 9.76. The van der Waals surface area contributed by atoms with E-state index in [9.17, 15) is 5.11 Å². The van der Waals surface area contributed by atoms with Crippen molar-refractivity contribution in [3.8, 4) is 0 Å². The van der Waals surface area contributed by atoms with Gasteiger partial charge < -0.3 is 5.11 Å². The van der Waals surface area contributed by atoms with Crippen molar-refractivity contribution in [2.24, 2.45) is 0 Å². The van der Waals surface area contributed by atoms with Gasteiger partial charge in [-0.15, -0.1) is 11.8 Å². The van der Waals surface area contributed by atoms with Gasteiger partial charge in [-0.1, -0.05) is 43.3 Å². The number of rotatable bonds is 5. The summed E-state index contributed by atoms with van der Waals surface area (Å²) < 4.78 is 0. The Hall–Kier alpha value is -1.25. The summed E-state index contributed by atoms with van der Waals surface area (Å²) in [6.45, 7) is 4.14. The third kappa shape index (κ3) is 3.85. The van der Waals surface area contributed by atoms with Crippen molar-refractivity contribution in [3.63, 3.8) is 0 Å². The molecule has 0 aliphatic heterocycles. The Morgan fingerprint density at radius 1 is 1.05 bits per heavy atom. The minimum atomic E-state index is -0.338. The van der Waals surface area contributed by atoms with Gasteiger partial charge in [-0.05, 0) is 42.2 Å². The Kier molecular flexibility index (Phi) is 5.06. The highest BCUT2D eigenvalue weighted by Gasteiger charge is 2.04. The maximum absolute atomic E-state index is 9.76. The zero-order valence-electron chi connectivity index (χ0n) is 11.5. The molecule has 0 fully saturated rings. The van der Waals surface area contributed by atoms with Crippen LogP contribution in [-0.2, 0) is 5.75 Å². The van der Waals surface area contributed by atoms with E-state index >= 15 is 0 Å². The lowest BCUT2D eigenvalue weighted by Crippen LogP contribution is -1.94. The topological polar surface area (TPSA) is 20.2 Å². The third-order valence-electron chi connectivity index (χ3n) is 3.31. The lowest BCUT2D eigenvalue weighted by atomic mass is 10.1. The molecule has 0 saturated carbocycles. The van der Waals surface area contributed by atoms with E-state index in [1.807, 2.05) is 30.8 Å². The molecular weight excluding hydrogens is 252 g/mol. The van der Waals surface area contributed by atoms with E-state index in [1.54, 1.807) is 0 Å². The van der Waals surface area contributed by atoms with Gasteiger partial charge in [-0.2, -0.15) is 0 Å². The molecule has 19 heavy (non-hydrogen) atoms. The molecule has 0 amide bonds. The molecular formula is C17H20OS. The Balaban J connectivity index is 1.99. The Morgan fingerprint density at radius 3 is 2.37 bits per heavy atom. The molecule has 2 rings (SSSR count). The summed E-state index contributed by atoms with van der Waals surface area (Å²) in [5.74, 6) is 0.988. The fourth-order valence-electron chi connectivity index (χ4n) is 1.96. The lowest BCUT2D eigenvalue weighted by molar-refractivity contribution is 0.173. The zero-order valence-corrected chi connectivity index (χ0v) is 12.3. The second kappa shape index (κ2) is 6.78. The third-order valence-corrected chi connectivity index (χ3v) is 4.37. The Morgan fingerprint density at radius 2 is 1.74 bits per heavy atom. The van der Waals surface area contributed by atoms with E-state index in [0.29, 0.717) is 0 Å². The average molecular weight is 272 g/mol. The lowest BCUT2D eigenvalue weighted by Gasteiger charge is -2.09. The van der Waals surface area contributed by atoms with Gasteiger partial charge in [0.2, 0.25) is 0 Å². The van der Waals surface area contributed by atoms with Crippen LogP contribution in [0.2, 0.25) is 0 Å². The molecule has 1 N–H and O–H groups in total. The van der Waals surface area contributed by atoms with Gasteiger partial charge in [0.15, 0.2) is 0 Å². The highest BCUT2D eigenvalue weighted by molar-refractivity contribution is 7.98. The summed E-state index contributed by atoms with van der Waals surface area (Å²) in [5.41, 5.74) is 3.72. The molecule has 0 bridgehead atoms. The van der Waals surface area contributed by atoms with Gasteiger partial charge in [0.05, 0.1) is 6.10 Å². The van der Waals surface area contributed by atoms with Crippen LogP contribution in [0, 0.1) is 6.92 Å².